The van der Waals surface area contributed by atoms with Gasteiger partial charge in [0, 0.05) is 6.42 Å². The van der Waals surface area contributed by atoms with E-state index in [1.165, 1.54) is 5.56 Å². The zero-order chi connectivity index (χ0) is 23.9. The van der Waals surface area contributed by atoms with Crippen LogP contribution in [0.4, 0.5) is 0 Å². The van der Waals surface area contributed by atoms with Gasteiger partial charge in [-0.2, -0.15) is 5.10 Å². The Morgan fingerprint density at radius 3 is 2.29 bits per heavy atom. The van der Waals surface area contributed by atoms with Gasteiger partial charge in [0.15, 0.2) is 0 Å². The molecule has 4 rings (SSSR count). The Balaban J connectivity index is 1.57. The zero-order valence-corrected chi connectivity index (χ0v) is 19.4. The number of nitrogens with zero attached hydrogens (tertiary/aromatic N) is 3. The highest BCUT2D eigenvalue weighted by Gasteiger charge is 2.15. The van der Waals surface area contributed by atoms with Crippen LogP contribution in [-0.4, -0.2) is 25.4 Å². The zero-order valence-electron chi connectivity index (χ0n) is 19.4. The second kappa shape index (κ2) is 10.8. The molecule has 0 saturated heterocycles. The molecule has 0 bridgehead atoms. The lowest BCUT2D eigenvalue weighted by molar-refractivity contribution is 0.0697. The van der Waals surface area contributed by atoms with Crippen molar-refractivity contribution in [2.24, 2.45) is 0 Å². The van der Waals surface area contributed by atoms with Crippen molar-refractivity contribution in [3.8, 4) is 11.1 Å². The van der Waals surface area contributed by atoms with Crippen LogP contribution in [0, 0.1) is 0 Å². The normalized spacial score (nSPS) is 11.0. The molecule has 1 heterocycles. The summed E-state index contributed by atoms with van der Waals surface area (Å²) in [6, 6.07) is 24.8. The molecule has 1 aromatic heterocycles. The smallest absolute Gasteiger partial charge is 0.346 e. The number of carboxylic acid groups (broad SMARTS) is 1. The molecule has 0 aliphatic rings. The topological polar surface area (TPSA) is 77.1 Å². The van der Waals surface area contributed by atoms with Crippen LogP contribution < -0.4 is 5.69 Å². The Bertz CT molecular complexity index is 1300. The Kier molecular flexibility index (Phi) is 7.38. The number of unbranched alkanes of at least 4 members (excludes halogenated alkanes) is 1. The quantitative estimate of drug-likeness (QED) is 0.363. The molecular formula is C28H29N3O3. The SMILES string of the molecule is CCCCc1nn(CCc2ccccc2)c(=O)n1Cc1ccc(-c2ccccc2C(=O)O)cc1. The minimum absolute atomic E-state index is 0.0951. The van der Waals surface area contributed by atoms with Crippen LogP contribution in [0.3, 0.4) is 0 Å². The Hall–Kier alpha value is -3.93. The summed E-state index contributed by atoms with van der Waals surface area (Å²) in [5.74, 6) is -0.144. The average Bonchev–Trinajstić information content (AvgIpc) is 3.16. The lowest BCUT2D eigenvalue weighted by Gasteiger charge is -2.09. The largest absolute Gasteiger partial charge is 0.478 e. The Labute approximate surface area is 199 Å². The minimum atomic E-state index is -0.949. The van der Waals surface area contributed by atoms with Gasteiger partial charge in [0.2, 0.25) is 0 Å². The van der Waals surface area contributed by atoms with Gasteiger partial charge >= 0.3 is 11.7 Å². The summed E-state index contributed by atoms with van der Waals surface area (Å²) in [7, 11) is 0. The lowest BCUT2D eigenvalue weighted by Crippen LogP contribution is -2.26. The Morgan fingerprint density at radius 2 is 1.59 bits per heavy atom. The summed E-state index contributed by atoms with van der Waals surface area (Å²) < 4.78 is 3.34. The maximum absolute atomic E-state index is 13.2. The van der Waals surface area contributed by atoms with Gasteiger partial charge in [-0.05, 0) is 41.2 Å². The molecule has 0 unspecified atom stereocenters. The molecule has 0 radical (unpaired) electrons. The number of rotatable bonds is 10. The number of aromatic nitrogens is 3. The van der Waals surface area contributed by atoms with E-state index in [2.05, 4.69) is 24.2 Å². The summed E-state index contributed by atoms with van der Waals surface area (Å²) in [6.45, 7) is 3.10. The summed E-state index contributed by atoms with van der Waals surface area (Å²) in [6.07, 6.45) is 3.51. The van der Waals surface area contributed by atoms with Gasteiger partial charge in [0.25, 0.3) is 0 Å². The number of aryl methyl sites for hydroxylation is 3. The van der Waals surface area contributed by atoms with Crippen LogP contribution in [0.2, 0.25) is 0 Å². The molecule has 6 nitrogen and oxygen atoms in total. The summed E-state index contributed by atoms with van der Waals surface area (Å²) >= 11 is 0. The maximum atomic E-state index is 13.2. The first-order valence-corrected chi connectivity index (χ1v) is 11.7. The predicted molar refractivity (Wildman–Crippen MR) is 133 cm³/mol. The molecule has 0 aliphatic carbocycles. The fourth-order valence-corrected chi connectivity index (χ4v) is 4.08. The van der Waals surface area contributed by atoms with Crippen molar-refractivity contribution in [3.63, 3.8) is 0 Å². The molecular weight excluding hydrogens is 426 g/mol. The van der Waals surface area contributed by atoms with Gasteiger partial charge in [-0.1, -0.05) is 86.1 Å². The second-order valence-corrected chi connectivity index (χ2v) is 8.39. The number of benzene rings is 3. The third-order valence-corrected chi connectivity index (χ3v) is 5.97. The van der Waals surface area contributed by atoms with E-state index in [-0.39, 0.29) is 11.3 Å². The average molecular weight is 456 g/mol. The van der Waals surface area contributed by atoms with Crippen molar-refractivity contribution in [2.45, 2.75) is 45.7 Å². The van der Waals surface area contributed by atoms with E-state index < -0.39 is 5.97 Å². The molecule has 4 aromatic rings. The van der Waals surface area contributed by atoms with E-state index in [0.29, 0.717) is 18.7 Å². The lowest BCUT2D eigenvalue weighted by atomic mass is 9.99. The fraction of sp³-hybridized carbons (Fsp3) is 0.250. The number of hydrogen-bond donors (Lipinski definition) is 1. The monoisotopic (exact) mass is 455 g/mol. The first-order valence-electron chi connectivity index (χ1n) is 11.7. The molecule has 0 fully saturated rings. The molecule has 6 heteroatoms. The summed E-state index contributed by atoms with van der Waals surface area (Å²) in [5, 5.41) is 14.1. The molecule has 34 heavy (non-hydrogen) atoms. The van der Waals surface area contributed by atoms with Gasteiger partial charge in [-0.15, -0.1) is 0 Å². The van der Waals surface area contributed by atoms with Gasteiger partial charge in [0.05, 0.1) is 18.7 Å². The highest BCUT2D eigenvalue weighted by atomic mass is 16.4. The van der Waals surface area contributed by atoms with Crippen LogP contribution in [0.5, 0.6) is 0 Å². The molecule has 0 atom stereocenters. The van der Waals surface area contributed by atoms with Crippen LogP contribution in [0.25, 0.3) is 11.1 Å². The maximum Gasteiger partial charge on any atom is 0.346 e. The summed E-state index contributed by atoms with van der Waals surface area (Å²) in [5.41, 5.74) is 3.83. The van der Waals surface area contributed by atoms with Gasteiger partial charge in [-0.25, -0.2) is 14.3 Å². The fourth-order valence-electron chi connectivity index (χ4n) is 4.08. The van der Waals surface area contributed by atoms with E-state index in [9.17, 15) is 14.7 Å². The molecule has 0 aliphatic heterocycles. The molecule has 0 spiro atoms. The standard InChI is InChI=1S/C28H29N3O3/c1-2-3-13-26-29-31(19-18-21-9-5-4-6-10-21)28(34)30(26)20-22-14-16-23(17-15-22)24-11-7-8-12-25(24)27(32)33/h4-12,14-17H,2-3,13,18-20H2,1H3,(H,32,33). The number of hydrogen-bond acceptors (Lipinski definition) is 3. The second-order valence-electron chi connectivity index (χ2n) is 8.39. The number of carboxylic acids is 1. The van der Waals surface area contributed by atoms with E-state index in [1.807, 2.05) is 54.6 Å². The van der Waals surface area contributed by atoms with Crippen LogP contribution in [-0.2, 0) is 25.9 Å². The van der Waals surface area contributed by atoms with Gasteiger partial charge in [0.1, 0.15) is 5.82 Å². The minimum Gasteiger partial charge on any atom is -0.478 e. The van der Waals surface area contributed by atoms with E-state index in [0.717, 1.165) is 42.6 Å². The third-order valence-electron chi connectivity index (χ3n) is 5.97. The summed E-state index contributed by atoms with van der Waals surface area (Å²) in [4.78, 5) is 24.7. The van der Waals surface area contributed by atoms with Crippen molar-refractivity contribution in [1.29, 1.82) is 0 Å². The third kappa shape index (κ3) is 5.34. The highest BCUT2D eigenvalue weighted by molar-refractivity contribution is 5.95. The van der Waals surface area contributed by atoms with E-state index in [4.69, 9.17) is 0 Å². The molecule has 3 aromatic carbocycles. The first kappa shape index (κ1) is 23.2. The van der Waals surface area contributed by atoms with Gasteiger partial charge < -0.3 is 5.11 Å². The molecule has 174 valence electrons. The van der Waals surface area contributed by atoms with Gasteiger partial charge in [-0.3, -0.25) is 4.57 Å². The van der Waals surface area contributed by atoms with Crippen molar-refractivity contribution in [1.82, 2.24) is 14.3 Å². The van der Waals surface area contributed by atoms with E-state index in [1.54, 1.807) is 21.4 Å². The van der Waals surface area contributed by atoms with Crippen molar-refractivity contribution < 1.29 is 9.90 Å². The molecule has 1 N–H and O–H groups in total. The highest BCUT2D eigenvalue weighted by Crippen LogP contribution is 2.24. The molecule has 0 saturated carbocycles. The predicted octanol–water partition coefficient (Wildman–Crippen LogP) is 5.04. The van der Waals surface area contributed by atoms with Crippen molar-refractivity contribution >= 4 is 5.97 Å². The van der Waals surface area contributed by atoms with E-state index >= 15 is 0 Å². The van der Waals surface area contributed by atoms with Crippen molar-refractivity contribution in [3.05, 3.63) is 112 Å². The van der Waals surface area contributed by atoms with Crippen LogP contribution in [0.15, 0.2) is 83.7 Å². The first-order chi connectivity index (χ1) is 16.6. The number of aromatic carboxylic acids is 1. The molecule has 0 amide bonds. The van der Waals surface area contributed by atoms with Crippen molar-refractivity contribution in [2.75, 3.05) is 0 Å². The Morgan fingerprint density at radius 1 is 0.882 bits per heavy atom. The van der Waals surface area contributed by atoms with Crippen LogP contribution >= 0.6 is 0 Å². The number of carbonyl (C=O) groups is 1. The van der Waals surface area contributed by atoms with Crippen LogP contribution in [0.1, 0.15) is 47.1 Å².